The van der Waals surface area contributed by atoms with Gasteiger partial charge in [0.2, 0.25) is 0 Å². The quantitative estimate of drug-likeness (QED) is 0.509. The van der Waals surface area contributed by atoms with Crippen LogP contribution in [0.3, 0.4) is 0 Å². The molecule has 0 bridgehead atoms. The van der Waals surface area contributed by atoms with Gasteiger partial charge in [0.25, 0.3) is 0 Å². The van der Waals surface area contributed by atoms with Gasteiger partial charge in [0.05, 0.1) is 0 Å². The first-order valence-corrected chi connectivity index (χ1v) is 2.16. The molecule has 7 heavy (non-hydrogen) atoms. The fraction of sp³-hybridized carbons (Fsp3) is 0.600. The molecule has 0 rings (SSSR count). The number of aliphatic hydroxyl groups is 1. The Kier molecular flexibility index (Phi) is 2.45. The van der Waals surface area contributed by atoms with Crippen molar-refractivity contribution in [2.24, 2.45) is 0 Å². The molecule has 2 nitrogen and oxygen atoms in total. The Morgan fingerprint density at radius 3 is 2.29 bits per heavy atom. The molecule has 0 amide bonds. The summed E-state index contributed by atoms with van der Waals surface area (Å²) < 4.78 is 0. The van der Waals surface area contributed by atoms with Gasteiger partial charge in [0.1, 0.15) is 6.73 Å². The normalized spacial score (nSPS) is 8.43. The van der Waals surface area contributed by atoms with Crippen molar-refractivity contribution in [1.82, 2.24) is 4.90 Å². The van der Waals surface area contributed by atoms with E-state index in [2.05, 4.69) is 6.58 Å². The average Bonchev–Trinajstić information content (AvgIpc) is 1.65. The fourth-order valence-electron chi connectivity index (χ4n) is 0.121. The molecule has 0 aliphatic carbocycles. The molecule has 0 aromatic carbocycles. The van der Waals surface area contributed by atoms with Gasteiger partial charge in [-0.05, 0) is 6.92 Å². The number of aliphatic hydroxyl groups excluding tert-OH is 1. The molecule has 42 valence electrons. The molecule has 0 saturated heterocycles. The summed E-state index contributed by atoms with van der Waals surface area (Å²) in [6.07, 6.45) is 0. The summed E-state index contributed by atoms with van der Waals surface area (Å²) >= 11 is 0. The van der Waals surface area contributed by atoms with Crippen LogP contribution in [-0.4, -0.2) is 23.8 Å². The van der Waals surface area contributed by atoms with Gasteiger partial charge in [-0.2, -0.15) is 0 Å². The highest BCUT2D eigenvalue weighted by Gasteiger charge is 1.87. The van der Waals surface area contributed by atoms with Crippen molar-refractivity contribution in [3.05, 3.63) is 12.3 Å². The monoisotopic (exact) mass is 101 g/mol. The lowest BCUT2D eigenvalue weighted by atomic mass is 10.5. The summed E-state index contributed by atoms with van der Waals surface area (Å²) in [5.41, 5.74) is 0.877. The zero-order valence-corrected chi connectivity index (χ0v) is 4.81. The van der Waals surface area contributed by atoms with E-state index < -0.39 is 0 Å². The Hall–Kier alpha value is -0.500. The molecule has 0 aromatic rings. The first kappa shape index (κ1) is 6.50. The van der Waals surface area contributed by atoms with Gasteiger partial charge in [-0.3, -0.25) is 0 Å². The zero-order valence-electron chi connectivity index (χ0n) is 4.81. The Morgan fingerprint density at radius 2 is 2.29 bits per heavy atom. The molecule has 0 aromatic heterocycles. The van der Waals surface area contributed by atoms with Gasteiger partial charge in [-0.15, -0.1) is 0 Å². The molecular weight excluding hydrogens is 90.1 g/mol. The van der Waals surface area contributed by atoms with Crippen molar-refractivity contribution < 1.29 is 5.11 Å². The summed E-state index contributed by atoms with van der Waals surface area (Å²) in [6.45, 7) is 5.49. The van der Waals surface area contributed by atoms with Crippen molar-refractivity contribution in [2.45, 2.75) is 6.92 Å². The van der Waals surface area contributed by atoms with E-state index >= 15 is 0 Å². The molecule has 1 N–H and O–H groups in total. The van der Waals surface area contributed by atoms with E-state index in [0.29, 0.717) is 0 Å². The second-order valence-corrected chi connectivity index (χ2v) is 1.57. The topological polar surface area (TPSA) is 23.5 Å². The predicted molar refractivity (Wildman–Crippen MR) is 29.7 cm³/mol. The van der Waals surface area contributed by atoms with Crippen LogP contribution in [0.25, 0.3) is 0 Å². The van der Waals surface area contributed by atoms with Crippen LogP contribution in [0.1, 0.15) is 6.92 Å². The second-order valence-electron chi connectivity index (χ2n) is 1.57. The third kappa shape index (κ3) is 2.23. The van der Waals surface area contributed by atoms with E-state index in [9.17, 15) is 0 Å². The summed E-state index contributed by atoms with van der Waals surface area (Å²) in [6, 6.07) is 0. The van der Waals surface area contributed by atoms with Crippen LogP contribution in [0.15, 0.2) is 12.3 Å². The average molecular weight is 101 g/mol. The molecule has 0 radical (unpaired) electrons. The van der Waals surface area contributed by atoms with E-state index in [4.69, 9.17) is 5.11 Å². The maximum Gasteiger partial charge on any atom is 0.115 e. The Labute approximate surface area is 44.1 Å². The predicted octanol–water partition coefficient (Wildman–Crippen LogP) is 0.402. The molecule has 0 unspecified atom stereocenters. The molecule has 0 fully saturated rings. The molecule has 0 aliphatic rings. The van der Waals surface area contributed by atoms with Crippen LogP contribution in [0.5, 0.6) is 0 Å². The van der Waals surface area contributed by atoms with Crippen molar-refractivity contribution in [3.8, 4) is 0 Å². The molecule has 0 spiro atoms. The van der Waals surface area contributed by atoms with E-state index in [0.717, 1.165) is 5.70 Å². The van der Waals surface area contributed by atoms with Crippen molar-refractivity contribution in [1.29, 1.82) is 0 Å². The highest BCUT2D eigenvalue weighted by Crippen LogP contribution is 1.90. The maximum absolute atomic E-state index is 8.37. The number of allylic oxidation sites excluding steroid dienone is 1. The smallest absolute Gasteiger partial charge is 0.115 e. The van der Waals surface area contributed by atoms with E-state index in [-0.39, 0.29) is 6.73 Å². The summed E-state index contributed by atoms with van der Waals surface area (Å²) in [5, 5.41) is 8.37. The lowest BCUT2D eigenvalue weighted by molar-refractivity contribution is 0.164. The number of nitrogens with zero attached hydrogens (tertiary/aromatic N) is 1. The maximum atomic E-state index is 8.37. The van der Waals surface area contributed by atoms with Gasteiger partial charge in [0.15, 0.2) is 0 Å². The first-order chi connectivity index (χ1) is 3.18. The van der Waals surface area contributed by atoms with Gasteiger partial charge in [0, 0.05) is 12.7 Å². The van der Waals surface area contributed by atoms with Gasteiger partial charge < -0.3 is 10.0 Å². The minimum absolute atomic E-state index is 0.0509. The lowest BCUT2D eigenvalue weighted by Crippen LogP contribution is -2.15. The number of hydrogen-bond acceptors (Lipinski definition) is 2. The van der Waals surface area contributed by atoms with Crippen LogP contribution < -0.4 is 0 Å². The van der Waals surface area contributed by atoms with Gasteiger partial charge in [-0.25, -0.2) is 0 Å². The molecule has 2 heteroatoms. The largest absolute Gasteiger partial charge is 0.376 e. The van der Waals surface area contributed by atoms with Crippen LogP contribution in [0.2, 0.25) is 0 Å². The third-order valence-corrected chi connectivity index (χ3v) is 0.864. The van der Waals surface area contributed by atoms with Gasteiger partial charge in [-0.1, -0.05) is 6.58 Å². The van der Waals surface area contributed by atoms with Gasteiger partial charge >= 0.3 is 0 Å². The van der Waals surface area contributed by atoms with Crippen molar-refractivity contribution in [3.63, 3.8) is 0 Å². The number of hydrogen-bond donors (Lipinski definition) is 1. The van der Waals surface area contributed by atoms with E-state index in [1.165, 1.54) is 0 Å². The summed E-state index contributed by atoms with van der Waals surface area (Å²) in [7, 11) is 1.78. The minimum Gasteiger partial charge on any atom is -0.376 e. The minimum atomic E-state index is 0.0509. The number of rotatable bonds is 2. The molecular formula is C5H11NO. The molecule has 0 atom stereocenters. The van der Waals surface area contributed by atoms with E-state index in [1.807, 2.05) is 6.92 Å². The first-order valence-electron chi connectivity index (χ1n) is 2.16. The highest BCUT2D eigenvalue weighted by atomic mass is 16.3. The zero-order chi connectivity index (χ0) is 5.86. The Balaban J connectivity index is 3.34. The standard InChI is InChI=1S/C5H11NO/c1-5(2)6(3)4-7/h7H,1,4H2,2-3H3. The second kappa shape index (κ2) is 2.64. The fourth-order valence-corrected chi connectivity index (χ4v) is 0.121. The highest BCUT2D eigenvalue weighted by molar-refractivity contribution is 4.83. The van der Waals surface area contributed by atoms with Crippen LogP contribution in [0, 0.1) is 0 Å². The van der Waals surface area contributed by atoms with Crippen molar-refractivity contribution >= 4 is 0 Å². The lowest BCUT2D eigenvalue weighted by Gasteiger charge is -2.13. The third-order valence-electron chi connectivity index (χ3n) is 0.864. The molecule has 0 heterocycles. The molecule has 0 saturated carbocycles. The van der Waals surface area contributed by atoms with Crippen LogP contribution in [0.4, 0.5) is 0 Å². The van der Waals surface area contributed by atoms with Crippen LogP contribution >= 0.6 is 0 Å². The molecule has 0 aliphatic heterocycles. The summed E-state index contributed by atoms with van der Waals surface area (Å²) in [4.78, 5) is 1.65. The van der Waals surface area contributed by atoms with Crippen LogP contribution in [-0.2, 0) is 0 Å². The van der Waals surface area contributed by atoms with E-state index in [1.54, 1.807) is 11.9 Å². The van der Waals surface area contributed by atoms with Crippen molar-refractivity contribution in [2.75, 3.05) is 13.8 Å². The Bertz CT molecular complexity index is 70.5. The summed E-state index contributed by atoms with van der Waals surface area (Å²) in [5.74, 6) is 0. The Morgan fingerprint density at radius 1 is 1.86 bits per heavy atom. The SMILES string of the molecule is C=C(C)N(C)CO.